The molecule has 1 aromatic carbocycles. The average molecular weight is 259 g/mol. The number of carboxylic acids is 1. The molecule has 0 aliphatic heterocycles. The number of carbonyl (C=O) groups excluding carboxylic acids is 1. The summed E-state index contributed by atoms with van der Waals surface area (Å²) in [7, 11) is 0. The highest BCUT2D eigenvalue weighted by Gasteiger charge is 2.17. The molecular weight excluding hydrogens is 246 g/mol. The number of hydrogen-bond acceptors (Lipinski definition) is 3. The smallest absolute Gasteiger partial charge is 0.337 e. The zero-order valence-corrected chi connectivity index (χ0v) is 10.5. The van der Waals surface area contributed by atoms with Gasteiger partial charge in [-0.1, -0.05) is 12.1 Å². The first kappa shape index (κ1) is 12.8. The van der Waals surface area contributed by atoms with Crippen molar-refractivity contribution in [3.8, 4) is 0 Å². The van der Waals surface area contributed by atoms with Gasteiger partial charge < -0.3 is 10.4 Å². The molecule has 98 valence electrons. The van der Waals surface area contributed by atoms with Crippen molar-refractivity contribution in [3.05, 3.63) is 46.8 Å². The predicted molar refractivity (Wildman–Crippen MR) is 69.4 cm³/mol. The predicted octanol–water partition coefficient (Wildman–Crippen LogP) is 1.98. The number of benzene rings is 1. The number of H-pyrrole nitrogens is 1. The van der Waals surface area contributed by atoms with Crippen LogP contribution in [0, 0.1) is 13.8 Å². The Morgan fingerprint density at radius 3 is 2.58 bits per heavy atom. The van der Waals surface area contributed by atoms with E-state index in [1.54, 1.807) is 26.0 Å². The maximum Gasteiger partial charge on any atom is 0.337 e. The summed E-state index contributed by atoms with van der Waals surface area (Å²) in [5.74, 6) is -1.47. The number of amides is 1. The van der Waals surface area contributed by atoms with Gasteiger partial charge in [0, 0.05) is 5.69 Å². The summed E-state index contributed by atoms with van der Waals surface area (Å²) in [6.45, 7) is 3.46. The third kappa shape index (κ3) is 2.47. The van der Waals surface area contributed by atoms with Gasteiger partial charge in [0.15, 0.2) is 0 Å². The van der Waals surface area contributed by atoms with Gasteiger partial charge in [0.1, 0.15) is 0 Å². The minimum atomic E-state index is -1.08. The number of aromatic nitrogens is 2. The quantitative estimate of drug-likeness (QED) is 0.785. The minimum Gasteiger partial charge on any atom is -0.478 e. The molecule has 6 heteroatoms. The summed E-state index contributed by atoms with van der Waals surface area (Å²) in [6, 6.07) is 4.83. The van der Waals surface area contributed by atoms with E-state index in [1.807, 2.05) is 0 Å². The van der Waals surface area contributed by atoms with Crippen LogP contribution < -0.4 is 5.32 Å². The lowest BCUT2D eigenvalue weighted by Gasteiger charge is -2.11. The van der Waals surface area contributed by atoms with Gasteiger partial charge >= 0.3 is 5.97 Å². The largest absolute Gasteiger partial charge is 0.478 e. The number of aromatic amines is 1. The van der Waals surface area contributed by atoms with E-state index in [0.29, 0.717) is 22.5 Å². The molecule has 0 atom stereocenters. The highest BCUT2D eigenvalue weighted by Crippen LogP contribution is 2.21. The number of nitrogens with one attached hydrogen (secondary N) is 2. The number of carboxylic acid groups (broad SMARTS) is 1. The molecule has 0 fully saturated rings. The molecule has 0 spiro atoms. The highest BCUT2D eigenvalue weighted by atomic mass is 16.4. The number of carbonyl (C=O) groups is 2. The fourth-order valence-electron chi connectivity index (χ4n) is 1.77. The molecular formula is C13H13N3O3. The fourth-order valence-corrected chi connectivity index (χ4v) is 1.77. The van der Waals surface area contributed by atoms with Crippen molar-refractivity contribution in [1.82, 2.24) is 10.2 Å². The number of aryl methyl sites for hydroxylation is 2. The molecule has 2 aromatic rings. The van der Waals surface area contributed by atoms with E-state index in [2.05, 4.69) is 15.5 Å². The van der Waals surface area contributed by atoms with Crippen LogP contribution in [0.15, 0.2) is 24.4 Å². The van der Waals surface area contributed by atoms with E-state index >= 15 is 0 Å². The van der Waals surface area contributed by atoms with Crippen molar-refractivity contribution in [2.45, 2.75) is 13.8 Å². The van der Waals surface area contributed by atoms with E-state index in [0.717, 1.165) is 0 Å². The normalized spacial score (nSPS) is 10.2. The van der Waals surface area contributed by atoms with Crippen molar-refractivity contribution >= 4 is 17.6 Å². The molecule has 0 aliphatic rings. The molecule has 1 amide bonds. The number of para-hydroxylation sites is 1. The average Bonchev–Trinajstić information content (AvgIpc) is 2.77. The van der Waals surface area contributed by atoms with Crippen molar-refractivity contribution in [2.75, 3.05) is 5.32 Å². The number of hydrogen-bond donors (Lipinski definition) is 3. The van der Waals surface area contributed by atoms with Crippen LogP contribution in [-0.4, -0.2) is 27.2 Å². The Morgan fingerprint density at radius 2 is 2.00 bits per heavy atom. The second-order valence-electron chi connectivity index (χ2n) is 4.17. The van der Waals surface area contributed by atoms with Crippen LogP contribution in [0.4, 0.5) is 5.69 Å². The maximum absolute atomic E-state index is 12.1. The zero-order chi connectivity index (χ0) is 14.0. The van der Waals surface area contributed by atoms with Gasteiger partial charge in [0.2, 0.25) is 0 Å². The van der Waals surface area contributed by atoms with E-state index in [4.69, 9.17) is 5.11 Å². The van der Waals surface area contributed by atoms with Crippen molar-refractivity contribution < 1.29 is 14.7 Å². The van der Waals surface area contributed by atoms with Gasteiger partial charge in [0.25, 0.3) is 5.91 Å². The van der Waals surface area contributed by atoms with Crippen LogP contribution in [0.5, 0.6) is 0 Å². The lowest BCUT2D eigenvalue weighted by atomic mass is 10.1. The first-order valence-electron chi connectivity index (χ1n) is 5.65. The molecule has 0 unspecified atom stereocenters. The van der Waals surface area contributed by atoms with Crippen LogP contribution in [0.1, 0.15) is 32.0 Å². The molecule has 3 N–H and O–H groups in total. The highest BCUT2D eigenvalue weighted by molar-refractivity contribution is 6.08. The van der Waals surface area contributed by atoms with Crippen LogP contribution in [-0.2, 0) is 0 Å². The van der Waals surface area contributed by atoms with Gasteiger partial charge in [-0.2, -0.15) is 5.10 Å². The molecule has 1 aromatic heterocycles. The van der Waals surface area contributed by atoms with Crippen LogP contribution >= 0.6 is 0 Å². The van der Waals surface area contributed by atoms with Crippen LogP contribution in [0.2, 0.25) is 0 Å². The summed E-state index contributed by atoms with van der Waals surface area (Å²) in [5, 5.41) is 18.2. The molecule has 1 heterocycles. The number of nitrogens with zero attached hydrogens (tertiary/aromatic N) is 1. The lowest BCUT2D eigenvalue weighted by molar-refractivity contribution is 0.0698. The van der Waals surface area contributed by atoms with Crippen LogP contribution in [0.25, 0.3) is 0 Å². The molecule has 0 saturated heterocycles. The SMILES string of the molecule is Cc1cccc(C(=O)O)c1NC(=O)c1cn[nH]c1C. The van der Waals surface area contributed by atoms with Crippen LogP contribution in [0.3, 0.4) is 0 Å². The Balaban J connectivity index is 2.36. The first-order chi connectivity index (χ1) is 9.00. The second kappa shape index (κ2) is 4.93. The first-order valence-corrected chi connectivity index (χ1v) is 5.65. The number of aromatic carboxylic acids is 1. The van der Waals surface area contributed by atoms with E-state index < -0.39 is 5.97 Å². The Labute approximate surface area is 109 Å². The number of rotatable bonds is 3. The van der Waals surface area contributed by atoms with E-state index in [-0.39, 0.29) is 11.5 Å². The third-order valence-corrected chi connectivity index (χ3v) is 2.82. The van der Waals surface area contributed by atoms with Crippen molar-refractivity contribution in [3.63, 3.8) is 0 Å². The molecule has 19 heavy (non-hydrogen) atoms. The zero-order valence-electron chi connectivity index (χ0n) is 10.5. The third-order valence-electron chi connectivity index (χ3n) is 2.82. The molecule has 0 bridgehead atoms. The molecule has 6 nitrogen and oxygen atoms in total. The number of anilines is 1. The summed E-state index contributed by atoms with van der Waals surface area (Å²) in [4.78, 5) is 23.2. The summed E-state index contributed by atoms with van der Waals surface area (Å²) < 4.78 is 0. The Kier molecular flexibility index (Phi) is 3.33. The summed E-state index contributed by atoms with van der Waals surface area (Å²) in [6.07, 6.45) is 1.41. The van der Waals surface area contributed by atoms with Gasteiger partial charge in [0.05, 0.1) is 23.0 Å². The maximum atomic E-state index is 12.1. The summed E-state index contributed by atoms with van der Waals surface area (Å²) in [5.41, 5.74) is 2.08. The standard InChI is InChI=1S/C13H13N3O3/c1-7-4-3-5-9(13(18)19)11(7)15-12(17)10-6-14-16-8(10)2/h3-6H,1-2H3,(H,14,16)(H,15,17)(H,18,19). The fraction of sp³-hybridized carbons (Fsp3) is 0.154. The lowest BCUT2D eigenvalue weighted by Crippen LogP contribution is -2.16. The second-order valence-corrected chi connectivity index (χ2v) is 4.17. The van der Waals surface area contributed by atoms with Gasteiger partial charge in [-0.05, 0) is 25.5 Å². The van der Waals surface area contributed by atoms with E-state index in [9.17, 15) is 9.59 Å². The monoisotopic (exact) mass is 259 g/mol. The van der Waals surface area contributed by atoms with E-state index in [1.165, 1.54) is 12.3 Å². The Hall–Kier alpha value is -2.63. The topological polar surface area (TPSA) is 95.1 Å². The van der Waals surface area contributed by atoms with Gasteiger partial charge in [-0.3, -0.25) is 9.89 Å². The van der Waals surface area contributed by atoms with Gasteiger partial charge in [-0.15, -0.1) is 0 Å². The molecule has 0 radical (unpaired) electrons. The molecule has 2 rings (SSSR count). The molecule has 0 aliphatic carbocycles. The Bertz CT molecular complexity index is 646. The molecule has 0 saturated carbocycles. The van der Waals surface area contributed by atoms with Crippen molar-refractivity contribution in [1.29, 1.82) is 0 Å². The Morgan fingerprint density at radius 1 is 1.26 bits per heavy atom. The summed E-state index contributed by atoms with van der Waals surface area (Å²) >= 11 is 0. The minimum absolute atomic E-state index is 0.0643. The van der Waals surface area contributed by atoms with Gasteiger partial charge in [-0.25, -0.2) is 4.79 Å². The van der Waals surface area contributed by atoms with Crippen molar-refractivity contribution in [2.24, 2.45) is 0 Å².